The summed E-state index contributed by atoms with van der Waals surface area (Å²) in [6.07, 6.45) is 0. The summed E-state index contributed by atoms with van der Waals surface area (Å²) in [7, 11) is 0. The lowest BCUT2D eigenvalue weighted by Gasteiger charge is -2.14. The highest BCUT2D eigenvalue weighted by Crippen LogP contribution is 2.29. The Bertz CT molecular complexity index is 682. The predicted molar refractivity (Wildman–Crippen MR) is 91.6 cm³/mol. The summed E-state index contributed by atoms with van der Waals surface area (Å²) in [4.78, 5) is 16.4. The highest BCUT2D eigenvalue weighted by atomic mass is 35.5. The molecule has 0 spiro atoms. The second kappa shape index (κ2) is 6.98. The Morgan fingerprint density at radius 3 is 2.77 bits per heavy atom. The van der Waals surface area contributed by atoms with Crippen molar-refractivity contribution in [2.75, 3.05) is 11.1 Å². The van der Waals surface area contributed by atoms with Crippen LogP contribution in [0.1, 0.15) is 26.5 Å². The molecule has 0 atom stereocenters. The average Bonchev–Trinajstić information content (AvgIpc) is 2.88. The van der Waals surface area contributed by atoms with Crippen molar-refractivity contribution < 1.29 is 9.18 Å². The van der Waals surface area contributed by atoms with Crippen LogP contribution in [0.15, 0.2) is 27.9 Å². The van der Waals surface area contributed by atoms with E-state index >= 15 is 0 Å². The molecule has 0 aliphatic heterocycles. The zero-order valence-corrected chi connectivity index (χ0v) is 14.8. The van der Waals surface area contributed by atoms with Crippen LogP contribution in [-0.4, -0.2) is 16.6 Å². The van der Waals surface area contributed by atoms with E-state index in [4.69, 9.17) is 11.6 Å². The summed E-state index contributed by atoms with van der Waals surface area (Å²) in [5.74, 6) is -0.411. The highest BCUT2D eigenvalue weighted by molar-refractivity contribution is 8.01. The maximum atomic E-state index is 12.9. The third kappa shape index (κ3) is 4.69. The van der Waals surface area contributed by atoms with E-state index in [-0.39, 0.29) is 22.1 Å². The number of aromatic nitrogens is 1. The molecule has 0 fully saturated rings. The normalized spacial score (nSPS) is 11.5. The van der Waals surface area contributed by atoms with E-state index < -0.39 is 5.82 Å². The van der Waals surface area contributed by atoms with Crippen LogP contribution < -0.4 is 5.32 Å². The van der Waals surface area contributed by atoms with Crippen molar-refractivity contribution in [3.8, 4) is 0 Å². The van der Waals surface area contributed by atoms with E-state index in [2.05, 4.69) is 31.1 Å². The topological polar surface area (TPSA) is 42.0 Å². The quantitative estimate of drug-likeness (QED) is 0.785. The smallest absolute Gasteiger partial charge is 0.234 e. The first kappa shape index (κ1) is 17.2. The lowest BCUT2D eigenvalue weighted by molar-refractivity contribution is -0.113. The van der Waals surface area contributed by atoms with Crippen LogP contribution in [0.2, 0.25) is 5.02 Å². The summed E-state index contributed by atoms with van der Waals surface area (Å²) >= 11 is 8.77. The van der Waals surface area contributed by atoms with E-state index in [9.17, 15) is 9.18 Å². The number of hydrogen-bond acceptors (Lipinski definition) is 4. The molecule has 0 saturated carbocycles. The highest BCUT2D eigenvalue weighted by Gasteiger charge is 2.18. The molecule has 1 aromatic carbocycles. The van der Waals surface area contributed by atoms with Gasteiger partial charge >= 0.3 is 0 Å². The van der Waals surface area contributed by atoms with Crippen molar-refractivity contribution in [2.24, 2.45) is 0 Å². The number of benzene rings is 1. The lowest BCUT2D eigenvalue weighted by Crippen LogP contribution is -2.14. The Kier molecular flexibility index (Phi) is 5.47. The van der Waals surface area contributed by atoms with Gasteiger partial charge in [0, 0.05) is 10.8 Å². The molecule has 118 valence electrons. The molecule has 1 heterocycles. The Labute approximate surface area is 142 Å². The monoisotopic (exact) mass is 358 g/mol. The van der Waals surface area contributed by atoms with Gasteiger partial charge < -0.3 is 5.32 Å². The zero-order valence-electron chi connectivity index (χ0n) is 12.4. The van der Waals surface area contributed by atoms with Gasteiger partial charge in [0.15, 0.2) is 4.34 Å². The standard InChI is InChI=1S/C15H16ClFN2OS2/c1-15(2,3)12-7-21-14(19-12)22-8-13(20)18-11-5-4-9(17)6-10(11)16/h4-7H,8H2,1-3H3,(H,18,20). The Morgan fingerprint density at radius 2 is 2.18 bits per heavy atom. The number of carbonyl (C=O) groups is 1. The zero-order chi connectivity index (χ0) is 16.3. The fourth-order valence-corrected chi connectivity index (χ4v) is 3.64. The van der Waals surface area contributed by atoms with Gasteiger partial charge in [0.1, 0.15) is 5.82 Å². The first-order chi connectivity index (χ1) is 10.3. The van der Waals surface area contributed by atoms with Crippen molar-refractivity contribution in [1.29, 1.82) is 0 Å². The first-order valence-electron chi connectivity index (χ1n) is 6.59. The lowest BCUT2D eigenvalue weighted by atomic mass is 9.93. The molecule has 7 heteroatoms. The fraction of sp³-hybridized carbons (Fsp3) is 0.333. The van der Waals surface area contributed by atoms with Gasteiger partial charge in [-0.15, -0.1) is 11.3 Å². The number of rotatable bonds is 4. The molecule has 0 bridgehead atoms. The minimum absolute atomic E-state index is 0.000788. The van der Waals surface area contributed by atoms with Crippen LogP contribution in [0.4, 0.5) is 10.1 Å². The number of thiazole rings is 1. The van der Waals surface area contributed by atoms with Crippen LogP contribution in [0.25, 0.3) is 0 Å². The van der Waals surface area contributed by atoms with E-state index in [0.29, 0.717) is 5.69 Å². The van der Waals surface area contributed by atoms with E-state index in [0.717, 1.165) is 10.0 Å². The van der Waals surface area contributed by atoms with Gasteiger partial charge in [-0.1, -0.05) is 44.1 Å². The van der Waals surface area contributed by atoms with Crippen molar-refractivity contribution in [2.45, 2.75) is 30.5 Å². The molecule has 1 amide bonds. The number of anilines is 1. The molecule has 2 aromatic rings. The van der Waals surface area contributed by atoms with E-state index in [1.807, 2.05) is 5.38 Å². The molecule has 0 radical (unpaired) electrons. The number of thioether (sulfide) groups is 1. The number of halogens is 2. The minimum Gasteiger partial charge on any atom is -0.324 e. The van der Waals surface area contributed by atoms with Crippen LogP contribution in [0.5, 0.6) is 0 Å². The third-order valence-electron chi connectivity index (χ3n) is 2.78. The molecule has 22 heavy (non-hydrogen) atoms. The van der Waals surface area contributed by atoms with Gasteiger partial charge in [-0.05, 0) is 18.2 Å². The van der Waals surface area contributed by atoms with E-state index in [1.54, 1.807) is 0 Å². The number of carbonyl (C=O) groups excluding carboxylic acids is 1. The number of hydrogen-bond donors (Lipinski definition) is 1. The molecule has 0 aliphatic rings. The molecule has 2 rings (SSSR count). The van der Waals surface area contributed by atoms with Crippen molar-refractivity contribution in [3.05, 3.63) is 40.1 Å². The van der Waals surface area contributed by atoms with Crippen molar-refractivity contribution >= 4 is 46.3 Å². The Morgan fingerprint density at radius 1 is 1.45 bits per heavy atom. The fourth-order valence-electron chi connectivity index (χ4n) is 1.57. The number of nitrogens with zero attached hydrogens (tertiary/aromatic N) is 1. The van der Waals surface area contributed by atoms with Gasteiger partial charge in [-0.25, -0.2) is 9.37 Å². The second-order valence-corrected chi connectivity index (χ2v) is 8.20. The third-order valence-corrected chi connectivity index (χ3v) is 5.12. The SMILES string of the molecule is CC(C)(C)c1csc(SCC(=O)Nc2ccc(F)cc2Cl)n1. The molecule has 1 aromatic heterocycles. The molecule has 0 saturated heterocycles. The molecule has 1 N–H and O–H groups in total. The summed E-state index contributed by atoms with van der Waals surface area (Å²) in [6, 6.07) is 3.87. The summed E-state index contributed by atoms with van der Waals surface area (Å²) < 4.78 is 13.8. The van der Waals surface area contributed by atoms with Gasteiger partial charge in [0.25, 0.3) is 0 Å². The van der Waals surface area contributed by atoms with Crippen molar-refractivity contribution in [3.63, 3.8) is 0 Å². The van der Waals surface area contributed by atoms with Crippen LogP contribution in [0, 0.1) is 5.82 Å². The van der Waals surface area contributed by atoms with Gasteiger partial charge in [-0.3, -0.25) is 4.79 Å². The predicted octanol–water partition coefficient (Wildman–Crippen LogP) is 4.96. The van der Waals surface area contributed by atoms with Gasteiger partial charge in [0.05, 0.1) is 22.2 Å². The van der Waals surface area contributed by atoms with Crippen LogP contribution in [-0.2, 0) is 10.2 Å². The average molecular weight is 359 g/mol. The van der Waals surface area contributed by atoms with E-state index in [1.165, 1.54) is 41.3 Å². The molecule has 3 nitrogen and oxygen atoms in total. The van der Waals surface area contributed by atoms with Gasteiger partial charge in [-0.2, -0.15) is 0 Å². The molecule has 0 aliphatic carbocycles. The largest absolute Gasteiger partial charge is 0.324 e. The number of amides is 1. The Balaban J connectivity index is 1.91. The first-order valence-corrected chi connectivity index (χ1v) is 8.84. The molecule has 0 unspecified atom stereocenters. The Hall–Kier alpha value is -1.11. The summed E-state index contributed by atoms with van der Waals surface area (Å²) in [5.41, 5.74) is 1.42. The molecular formula is C15H16ClFN2OS2. The minimum atomic E-state index is -0.435. The second-order valence-electron chi connectivity index (χ2n) is 5.71. The maximum Gasteiger partial charge on any atom is 0.234 e. The van der Waals surface area contributed by atoms with Gasteiger partial charge in [0.2, 0.25) is 5.91 Å². The summed E-state index contributed by atoms with van der Waals surface area (Å²) in [5, 5.41) is 4.86. The number of nitrogens with one attached hydrogen (secondary N) is 1. The maximum absolute atomic E-state index is 12.9. The molecular weight excluding hydrogens is 343 g/mol. The van der Waals surface area contributed by atoms with Crippen molar-refractivity contribution in [1.82, 2.24) is 4.98 Å². The summed E-state index contributed by atoms with van der Waals surface area (Å²) in [6.45, 7) is 6.29. The van der Waals surface area contributed by atoms with Crippen LogP contribution in [0.3, 0.4) is 0 Å². The van der Waals surface area contributed by atoms with Crippen LogP contribution >= 0.6 is 34.7 Å².